The van der Waals surface area contributed by atoms with Crippen LogP contribution < -0.4 is 5.32 Å². The zero-order valence-electron chi connectivity index (χ0n) is 11.9. The van der Waals surface area contributed by atoms with E-state index in [0.717, 1.165) is 25.2 Å². The number of hydrogen-bond acceptors (Lipinski definition) is 3. The first-order chi connectivity index (χ1) is 9.20. The van der Waals surface area contributed by atoms with Crippen molar-refractivity contribution in [3.8, 4) is 0 Å². The number of hydrogen-bond donors (Lipinski definition) is 2. The van der Waals surface area contributed by atoms with Crippen molar-refractivity contribution in [1.82, 2.24) is 20.5 Å². The van der Waals surface area contributed by atoms with Gasteiger partial charge in [-0.2, -0.15) is 5.10 Å². The van der Waals surface area contributed by atoms with Crippen LogP contribution in [0.5, 0.6) is 0 Å². The first-order valence-electron chi connectivity index (χ1n) is 6.85. The fourth-order valence-electron chi connectivity index (χ4n) is 2.13. The number of aromatic nitrogens is 3. The molecular formula is C15H22N4. The van der Waals surface area contributed by atoms with Crippen LogP contribution in [0.25, 0.3) is 0 Å². The second kappa shape index (κ2) is 6.48. The molecule has 0 radical (unpaired) electrons. The van der Waals surface area contributed by atoms with E-state index in [9.17, 15) is 0 Å². The largest absolute Gasteiger partial charge is 0.307 e. The molecule has 19 heavy (non-hydrogen) atoms. The molecular weight excluding hydrogens is 236 g/mol. The minimum absolute atomic E-state index is 0.199. The Labute approximate surface area is 114 Å². The van der Waals surface area contributed by atoms with Crippen molar-refractivity contribution >= 4 is 0 Å². The highest BCUT2D eigenvalue weighted by molar-refractivity contribution is 5.30. The van der Waals surface area contributed by atoms with Gasteiger partial charge in [-0.3, -0.25) is 5.10 Å². The van der Waals surface area contributed by atoms with Crippen LogP contribution in [0.3, 0.4) is 0 Å². The van der Waals surface area contributed by atoms with Gasteiger partial charge in [0, 0.05) is 0 Å². The fourth-order valence-corrected chi connectivity index (χ4v) is 2.13. The number of nitrogens with zero attached hydrogens (tertiary/aromatic N) is 2. The third kappa shape index (κ3) is 3.64. The molecule has 1 heterocycles. The van der Waals surface area contributed by atoms with Crippen molar-refractivity contribution in [3.05, 3.63) is 47.0 Å². The fraction of sp³-hybridized carbons (Fsp3) is 0.467. The molecule has 0 saturated carbocycles. The molecule has 0 aliphatic rings. The van der Waals surface area contributed by atoms with Crippen molar-refractivity contribution < 1.29 is 0 Å². The van der Waals surface area contributed by atoms with Gasteiger partial charge in [0.25, 0.3) is 0 Å². The number of nitrogens with one attached hydrogen (secondary N) is 2. The zero-order valence-corrected chi connectivity index (χ0v) is 11.9. The summed E-state index contributed by atoms with van der Waals surface area (Å²) in [5, 5.41) is 10.4. The molecule has 0 saturated heterocycles. The van der Waals surface area contributed by atoms with E-state index in [1.807, 2.05) is 0 Å². The van der Waals surface area contributed by atoms with E-state index >= 15 is 0 Å². The molecule has 0 aliphatic carbocycles. The minimum atomic E-state index is 0.199. The lowest BCUT2D eigenvalue weighted by atomic mass is 10.0. The van der Waals surface area contributed by atoms with Crippen LogP contribution in [0.15, 0.2) is 24.5 Å². The topological polar surface area (TPSA) is 53.6 Å². The van der Waals surface area contributed by atoms with Crippen LogP contribution in [0.1, 0.15) is 41.9 Å². The van der Waals surface area contributed by atoms with Crippen LogP contribution >= 0.6 is 0 Å². The lowest BCUT2D eigenvalue weighted by Gasteiger charge is -2.16. The Balaban J connectivity index is 2.13. The maximum absolute atomic E-state index is 4.28. The summed E-state index contributed by atoms with van der Waals surface area (Å²) in [6.07, 6.45) is 3.60. The molecule has 4 nitrogen and oxygen atoms in total. The van der Waals surface area contributed by atoms with Gasteiger partial charge in [-0.25, -0.2) is 4.98 Å². The van der Waals surface area contributed by atoms with E-state index in [2.05, 4.69) is 59.5 Å². The SMILES string of the molecule is CCCNC(Cc1ccc(C)c(C)c1)c1ncn[nH]1. The number of rotatable bonds is 6. The van der Waals surface area contributed by atoms with E-state index in [-0.39, 0.29) is 6.04 Å². The van der Waals surface area contributed by atoms with Gasteiger partial charge in [-0.15, -0.1) is 0 Å². The van der Waals surface area contributed by atoms with Crippen molar-refractivity contribution in [3.63, 3.8) is 0 Å². The van der Waals surface area contributed by atoms with Crippen LogP contribution in [0, 0.1) is 13.8 Å². The Hall–Kier alpha value is -1.68. The van der Waals surface area contributed by atoms with E-state index in [1.165, 1.54) is 16.7 Å². The zero-order chi connectivity index (χ0) is 13.7. The molecule has 1 atom stereocenters. The smallest absolute Gasteiger partial charge is 0.141 e. The van der Waals surface area contributed by atoms with Crippen molar-refractivity contribution in [2.45, 2.75) is 39.7 Å². The van der Waals surface area contributed by atoms with Gasteiger partial charge in [0.1, 0.15) is 12.2 Å². The predicted octanol–water partition coefficient (Wildman–Crippen LogP) is 2.70. The van der Waals surface area contributed by atoms with Crippen molar-refractivity contribution in [2.24, 2.45) is 0 Å². The number of aromatic amines is 1. The maximum atomic E-state index is 4.28. The summed E-state index contributed by atoms with van der Waals surface area (Å²) in [6.45, 7) is 7.45. The molecule has 0 spiro atoms. The van der Waals surface area contributed by atoms with E-state index in [1.54, 1.807) is 6.33 Å². The molecule has 0 fully saturated rings. The predicted molar refractivity (Wildman–Crippen MR) is 77.0 cm³/mol. The second-order valence-electron chi connectivity index (χ2n) is 5.00. The maximum Gasteiger partial charge on any atom is 0.141 e. The Morgan fingerprint density at radius 2 is 2.11 bits per heavy atom. The minimum Gasteiger partial charge on any atom is -0.307 e. The van der Waals surface area contributed by atoms with Gasteiger partial charge in [0.2, 0.25) is 0 Å². The third-order valence-electron chi connectivity index (χ3n) is 3.42. The van der Waals surface area contributed by atoms with Gasteiger partial charge in [-0.05, 0) is 49.9 Å². The van der Waals surface area contributed by atoms with Crippen LogP contribution in [-0.2, 0) is 6.42 Å². The normalized spacial score (nSPS) is 12.6. The molecule has 1 aromatic heterocycles. The number of aryl methyl sites for hydroxylation is 2. The molecule has 1 unspecified atom stereocenters. The van der Waals surface area contributed by atoms with Crippen LogP contribution in [-0.4, -0.2) is 21.7 Å². The molecule has 0 bridgehead atoms. The summed E-state index contributed by atoms with van der Waals surface area (Å²) in [6, 6.07) is 6.83. The van der Waals surface area contributed by atoms with E-state index in [4.69, 9.17) is 0 Å². The van der Waals surface area contributed by atoms with Gasteiger partial charge in [0.05, 0.1) is 6.04 Å². The molecule has 4 heteroatoms. The monoisotopic (exact) mass is 258 g/mol. The molecule has 2 rings (SSSR count). The molecule has 0 aliphatic heterocycles. The Morgan fingerprint density at radius 1 is 1.26 bits per heavy atom. The molecule has 1 aromatic carbocycles. The van der Waals surface area contributed by atoms with Gasteiger partial charge in [0.15, 0.2) is 0 Å². The highest BCUT2D eigenvalue weighted by Crippen LogP contribution is 2.17. The van der Waals surface area contributed by atoms with Crippen LogP contribution in [0.4, 0.5) is 0 Å². The average molecular weight is 258 g/mol. The summed E-state index contributed by atoms with van der Waals surface area (Å²) in [7, 11) is 0. The quantitative estimate of drug-likeness (QED) is 0.837. The summed E-state index contributed by atoms with van der Waals surface area (Å²) in [5.74, 6) is 0.909. The standard InChI is InChI=1S/C15H22N4/c1-4-7-16-14(15-17-10-18-19-15)9-13-6-5-11(2)12(3)8-13/h5-6,8,10,14,16H,4,7,9H2,1-3H3,(H,17,18,19). The van der Waals surface area contributed by atoms with Gasteiger partial charge in [-0.1, -0.05) is 25.1 Å². The lowest BCUT2D eigenvalue weighted by molar-refractivity contribution is 0.506. The van der Waals surface area contributed by atoms with Crippen molar-refractivity contribution in [2.75, 3.05) is 6.54 Å². The Bertz CT molecular complexity index is 505. The molecule has 102 valence electrons. The summed E-state index contributed by atoms with van der Waals surface area (Å²) in [5.41, 5.74) is 4.00. The molecule has 2 aromatic rings. The summed E-state index contributed by atoms with van der Waals surface area (Å²) < 4.78 is 0. The first kappa shape index (κ1) is 13.7. The van der Waals surface area contributed by atoms with E-state index in [0.29, 0.717) is 0 Å². The molecule has 2 N–H and O–H groups in total. The summed E-state index contributed by atoms with van der Waals surface area (Å²) in [4.78, 5) is 4.28. The third-order valence-corrected chi connectivity index (χ3v) is 3.42. The van der Waals surface area contributed by atoms with Crippen LogP contribution in [0.2, 0.25) is 0 Å². The highest BCUT2D eigenvalue weighted by Gasteiger charge is 2.14. The van der Waals surface area contributed by atoms with Gasteiger partial charge >= 0.3 is 0 Å². The van der Waals surface area contributed by atoms with Gasteiger partial charge < -0.3 is 5.32 Å². The molecule has 0 amide bonds. The second-order valence-corrected chi connectivity index (χ2v) is 5.00. The Morgan fingerprint density at radius 3 is 2.74 bits per heavy atom. The van der Waals surface area contributed by atoms with E-state index < -0.39 is 0 Å². The summed E-state index contributed by atoms with van der Waals surface area (Å²) >= 11 is 0. The van der Waals surface area contributed by atoms with Crippen molar-refractivity contribution in [1.29, 1.82) is 0 Å². The average Bonchev–Trinajstić information content (AvgIpc) is 2.92. The lowest BCUT2D eigenvalue weighted by Crippen LogP contribution is -2.25. The highest BCUT2D eigenvalue weighted by atomic mass is 15.2. The first-order valence-corrected chi connectivity index (χ1v) is 6.85. The number of H-pyrrole nitrogens is 1. The Kier molecular flexibility index (Phi) is 4.68. The number of benzene rings is 1.